The number of hydrogen-bond donors (Lipinski definition) is 0. The van der Waals surface area contributed by atoms with Crippen molar-refractivity contribution < 1.29 is 0 Å². The van der Waals surface area contributed by atoms with Crippen molar-refractivity contribution in [3.63, 3.8) is 0 Å². The zero-order chi connectivity index (χ0) is 22.7. The fraction of sp³-hybridized carbons (Fsp3) is 0.0303. The summed E-state index contributed by atoms with van der Waals surface area (Å²) < 4.78 is 0. The van der Waals surface area contributed by atoms with E-state index in [0.717, 1.165) is 0 Å². The second kappa shape index (κ2) is 7.28. The molecule has 0 unspecified atom stereocenters. The molecule has 0 nitrogen and oxygen atoms in total. The minimum absolute atomic E-state index is 1.30. The Kier molecular flexibility index (Phi) is 4.18. The van der Waals surface area contributed by atoms with Crippen LogP contribution in [0.2, 0.25) is 0 Å². The van der Waals surface area contributed by atoms with E-state index in [9.17, 15) is 0 Å². The van der Waals surface area contributed by atoms with Crippen LogP contribution in [0.25, 0.3) is 32.7 Å². The van der Waals surface area contributed by atoms with Crippen LogP contribution in [0.15, 0.2) is 127 Å². The normalized spacial score (nSPS) is 13.7. The van der Waals surface area contributed by atoms with Crippen LogP contribution in [-0.2, 0) is 0 Å². The third-order valence-electron chi connectivity index (χ3n) is 7.57. The summed E-state index contributed by atoms with van der Waals surface area (Å²) in [6.45, 7) is 2.17. The molecule has 0 spiro atoms. The predicted octanol–water partition coefficient (Wildman–Crippen LogP) is 5.66. The Labute approximate surface area is 201 Å². The molecule has 7 rings (SSSR count). The maximum atomic E-state index is 2.51. The lowest BCUT2D eigenvalue weighted by molar-refractivity contribution is 1.51. The van der Waals surface area contributed by atoms with Crippen LogP contribution >= 0.6 is 0 Å². The molecule has 0 amide bonds. The first-order valence-electron chi connectivity index (χ1n) is 12.0. The van der Waals surface area contributed by atoms with Gasteiger partial charge in [0.1, 0.15) is 0 Å². The Morgan fingerprint density at radius 1 is 0.441 bits per heavy atom. The van der Waals surface area contributed by atoms with Crippen molar-refractivity contribution in [2.45, 2.75) is 6.92 Å². The Morgan fingerprint density at radius 2 is 1.06 bits per heavy atom. The highest BCUT2D eigenvalue weighted by atomic mass is 28.3. The summed E-state index contributed by atoms with van der Waals surface area (Å²) in [5, 5.41) is 11.2. The van der Waals surface area contributed by atoms with Crippen LogP contribution in [0.4, 0.5) is 0 Å². The van der Waals surface area contributed by atoms with Crippen molar-refractivity contribution in [3.8, 4) is 11.1 Å². The lowest BCUT2D eigenvalue weighted by Crippen LogP contribution is -2.72. The highest BCUT2D eigenvalue weighted by molar-refractivity contribution is 7.22. The van der Waals surface area contributed by atoms with E-state index in [1.54, 1.807) is 0 Å². The van der Waals surface area contributed by atoms with Gasteiger partial charge in [0.2, 0.25) is 0 Å². The SMILES string of the molecule is Cc1ccc2c(ccc3cc4c(cc32)-c2ccccc2[Si]4(c2ccccc2)c2ccccc2)c1. The van der Waals surface area contributed by atoms with E-state index in [1.807, 2.05) is 0 Å². The van der Waals surface area contributed by atoms with Gasteiger partial charge in [0.05, 0.1) is 0 Å². The van der Waals surface area contributed by atoms with E-state index in [1.165, 1.54) is 59.0 Å². The Morgan fingerprint density at radius 3 is 1.76 bits per heavy atom. The Hall–Kier alpha value is -3.94. The van der Waals surface area contributed by atoms with Gasteiger partial charge in [-0.25, -0.2) is 0 Å². The lowest BCUT2D eigenvalue weighted by Gasteiger charge is -2.31. The molecule has 0 saturated heterocycles. The van der Waals surface area contributed by atoms with Gasteiger partial charge in [0.15, 0.2) is 8.07 Å². The zero-order valence-corrected chi connectivity index (χ0v) is 20.1. The largest absolute Gasteiger partial charge is 0.180 e. The van der Waals surface area contributed by atoms with Crippen molar-refractivity contribution in [2.75, 3.05) is 0 Å². The highest BCUT2D eigenvalue weighted by Crippen LogP contribution is 2.34. The van der Waals surface area contributed by atoms with E-state index in [-0.39, 0.29) is 0 Å². The zero-order valence-electron chi connectivity index (χ0n) is 19.1. The topological polar surface area (TPSA) is 0 Å². The van der Waals surface area contributed by atoms with Crippen LogP contribution < -0.4 is 20.7 Å². The van der Waals surface area contributed by atoms with Gasteiger partial charge < -0.3 is 0 Å². The summed E-state index contributed by atoms with van der Waals surface area (Å²) in [6.07, 6.45) is 0. The molecule has 6 aromatic carbocycles. The fourth-order valence-electron chi connectivity index (χ4n) is 6.12. The van der Waals surface area contributed by atoms with Gasteiger partial charge in [0.25, 0.3) is 0 Å². The van der Waals surface area contributed by atoms with Crippen molar-refractivity contribution in [1.29, 1.82) is 0 Å². The maximum Gasteiger partial charge on any atom is 0.180 e. The summed E-state index contributed by atoms with van der Waals surface area (Å²) in [6, 6.07) is 48.0. The number of rotatable bonds is 2. The molecule has 6 aromatic rings. The monoisotopic (exact) mass is 448 g/mol. The molecule has 0 fully saturated rings. The Balaban J connectivity index is 1.66. The second-order valence-electron chi connectivity index (χ2n) is 9.44. The van der Waals surface area contributed by atoms with Gasteiger partial charge in [-0.2, -0.15) is 0 Å². The standard InChI is InChI=1S/C33H24Si/c1-23-16-19-28-24(20-23)17-18-25-21-33-31(22-30(25)28)29-14-8-9-15-32(29)34(33,26-10-4-2-5-11-26)27-12-6-3-7-13-27/h2-22H,1H3. The van der Waals surface area contributed by atoms with Gasteiger partial charge in [-0.05, 0) is 66.4 Å². The number of benzene rings is 6. The first-order chi connectivity index (χ1) is 16.8. The third-order valence-corrected chi connectivity index (χ3v) is 12.4. The van der Waals surface area contributed by atoms with Gasteiger partial charge in [0, 0.05) is 0 Å². The molecule has 1 heteroatoms. The van der Waals surface area contributed by atoms with Crippen LogP contribution in [0.1, 0.15) is 5.56 Å². The number of aryl methyl sites for hydroxylation is 1. The molecule has 0 aromatic heterocycles. The molecule has 0 radical (unpaired) electrons. The molecular formula is C33H24Si. The van der Waals surface area contributed by atoms with Gasteiger partial charge >= 0.3 is 0 Å². The molecule has 0 aliphatic carbocycles. The first kappa shape index (κ1) is 19.5. The molecule has 160 valence electrons. The maximum absolute atomic E-state index is 2.51. The van der Waals surface area contributed by atoms with Gasteiger partial charge in [-0.1, -0.05) is 127 Å². The molecule has 1 aliphatic rings. The Bertz CT molecular complexity index is 1660. The first-order valence-corrected chi connectivity index (χ1v) is 14.0. The highest BCUT2D eigenvalue weighted by Gasteiger charge is 2.48. The molecular weight excluding hydrogens is 424 g/mol. The van der Waals surface area contributed by atoms with Crippen molar-refractivity contribution in [3.05, 3.63) is 133 Å². The minimum Gasteiger partial charge on any atom is -0.0623 e. The van der Waals surface area contributed by atoms with E-state index < -0.39 is 8.07 Å². The number of hydrogen-bond acceptors (Lipinski definition) is 0. The molecule has 0 bridgehead atoms. The predicted molar refractivity (Wildman–Crippen MR) is 149 cm³/mol. The quantitative estimate of drug-likeness (QED) is 0.236. The van der Waals surface area contributed by atoms with Gasteiger partial charge in [-0.3, -0.25) is 0 Å². The van der Waals surface area contributed by atoms with Crippen molar-refractivity contribution in [1.82, 2.24) is 0 Å². The molecule has 0 saturated carbocycles. The molecule has 1 aliphatic heterocycles. The average Bonchev–Trinajstić information content (AvgIpc) is 3.18. The minimum atomic E-state index is -2.42. The van der Waals surface area contributed by atoms with E-state index in [4.69, 9.17) is 0 Å². The summed E-state index contributed by atoms with van der Waals surface area (Å²) in [5.41, 5.74) is 4.09. The van der Waals surface area contributed by atoms with Crippen LogP contribution in [-0.4, -0.2) is 8.07 Å². The number of fused-ring (bicyclic) bond motifs is 6. The van der Waals surface area contributed by atoms with Crippen LogP contribution in [0.5, 0.6) is 0 Å². The van der Waals surface area contributed by atoms with Crippen molar-refractivity contribution >= 4 is 50.4 Å². The smallest absolute Gasteiger partial charge is 0.0623 e. The molecule has 0 atom stereocenters. The third kappa shape index (κ3) is 2.59. The van der Waals surface area contributed by atoms with Crippen LogP contribution in [0, 0.1) is 6.92 Å². The van der Waals surface area contributed by atoms with Gasteiger partial charge in [-0.15, -0.1) is 0 Å². The second-order valence-corrected chi connectivity index (χ2v) is 13.2. The van der Waals surface area contributed by atoms with E-state index >= 15 is 0 Å². The molecule has 1 heterocycles. The summed E-state index contributed by atoms with van der Waals surface area (Å²) in [7, 11) is -2.42. The summed E-state index contributed by atoms with van der Waals surface area (Å²) in [5.74, 6) is 0. The van der Waals surface area contributed by atoms with E-state index in [2.05, 4.69) is 134 Å². The van der Waals surface area contributed by atoms with Crippen molar-refractivity contribution in [2.24, 2.45) is 0 Å². The van der Waals surface area contributed by atoms with E-state index in [0.29, 0.717) is 0 Å². The lowest BCUT2D eigenvalue weighted by atomic mass is 9.96. The molecule has 0 N–H and O–H groups in total. The average molecular weight is 449 g/mol. The summed E-state index contributed by atoms with van der Waals surface area (Å²) in [4.78, 5) is 0. The fourth-order valence-corrected chi connectivity index (χ4v) is 11.3. The molecule has 34 heavy (non-hydrogen) atoms. The van der Waals surface area contributed by atoms with Crippen LogP contribution in [0.3, 0.4) is 0 Å². The summed E-state index contributed by atoms with van der Waals surface area (Å²) >= 11 is 0.